The van der Waals surface area contributed by atoms with Crippen LogP contribution in [0.5, 0.6) is 0 Å². The Morgan fingerprint density at radius 3 is 2.50 bits per heavy atom. The molecule has 0 saturated carbocycles. The van der Waals surface area contributed by atoms with Gasteiger partial charge in [-0.2, -0.15) is 0 Å². The van der Waals surface area contributed by atoms with Gasteiger partial charge in [0, 0.05) is 15.9 Å². The maximum atomic E-state index is 6.02. The van der Waals surface area contributed by atoms with Gasteiger partial charge in [-0.25, -0.2) is 0 Å². The van der Waals surface area contributed by atoms with Crippen LogP contribution in [0.2, 0.25) is 5.02 Å². The minimum Gasteiger partial charge on any atom is -0.346 e. The Kier molecular flexibility index (Phi) is 2.90. The summed E-state index contributed by atoms with van der Waals surface area (Å²) in [5.74, 6) is 0. The van der Waals surface area contributed by atoms with Crippen LogP contribution in [0.3, 0.4) is 0 Å². The lowest BCUT2D eigenvalue weighted by molar-refractivity contribution is 1.38. The summed E-state index contributed by atoms with van der Waals surface area (Å²) >= 11 is 11.3. The largest absolute Gasteiger partial charge is 0.346 e. The number of rotatable bonds is 1. The number of nitrogens with one attached hydrogen (secondary N) is 1. The molecule has 0 aliphatic heterocycles. The van der Waals surface area contributed by atoms with Crippen LogP contribution in [-0.2, 0) is 0 Å². The molecule has 0 spiro atoms. The van der Waals surface area contributed by atoms with Crippen molar-refractivity contribution in [3.05, 3.63) is 64.3 Å². The highest BCUT2D eigenvalue weighted by Gasteiger charge is 2.04. The van der Waals surface area contributed by atoms with Crippen LogP contribution in [0, 0.1) is 4.64 Å². The predicted octanol–water partition coefficient (Wildman–Crippen LogP) is 5.22. The van der Waals surface area contributed by atoms with Crippen molar-refractivity contribution in [3.63, 3.8) is 0 Å². The number of aromatic amines is 1. The summed E-state index contributed by atoms with van der Waals surface area (Å²) in [6.45, 7) is 0. The third-order valence-electron chi connectivity index (χ3n) is 2.89. The molecule has 3 heteroatoms. The van der Waals surface area contributed by atoms with Crippen LogP contribution in [0.1, 0.15) is 0 Å². The second-order valence-electron chi connectivity index (χ2n) is 4.10. The Morgan fingerprint density at radius 1 is 0.944 bits per heavy atom. The van der Waals surface area contributed by atoms with Crippen LogP contribution in [0.25, 0.3) is 22.0 Å². The van der Waals surface area contributed by atoms with Crippen molar-refractivity contribution in [3.8, 4) is 11.1 Å². The van der Waals surface area contributed by atoms with E-state index in [0.29, 0.717) is 9.66 Å². The van der Waals surface area contributed by atoms with Crippen LogP contribution in [0.4, 0.5) is 0 Å². The topological polar surface area (TPSA) is 15.8 Å². The van der Waals surface area contributed by atoms with E-state index in [1.165, 1.54) is 0 Å². The second kappa shape index (κ2) is 4.56. The fourth-order valence-electron chi connectivity index (χ4n) is 2.09. The Bertz CT molecular complexity index is 762. The van der Waals surface area contributed by atoms with E-state index in [-0.39, 0.29) is 0 Å². The summed E-state index contributed by atoms with van der Waals surface area (Å²) in [4.78, 5) is 3.17. The van der Waals surface area contributed by atoms with Crippen molar-refractivity contribution >= 4 is 34.7 Å². The van der Waals surface area contributed by atoms with Gasteiger partial charge in [-0.05, 0) is 29.3 Å². The SMILES string of the molecule is S=c1cc(-c2ccccc2)c2ccc(Cl)cc2[nH]1. The Hall–Kier alpha value is -1.64. The van der Waals surface area contributed by atoms with E-state index in [1.807, 2.05) is 42.5 Å². The average Bonchev–Trinajstić information content (AvgIpc) is 2.38. The average molecular weight is 272 g/mol. The highest BCUT2D eigenvalue weighted by atomic mass is 35.5. The fourth-order valence-corrected chi connectivity index (χ4v) is 2.49. The molecule has 1 nitrogen and oxygen atoms in total. The van der Waals surface area contributed by atoms with Gasteiger partial charge in [0.05, 0.1) is 0 Å². The Balaban J connectivity index is 2.39. The van der Waals surface area contributed by atoms with Crippen LogP contribution >= 0.6 is 23.8 Å². The molecule has 0 atom stereocenters. The molecule has 0 aliphatic carbocycles. The summed E-state index contributed by atoms with van der Waals surface area (Å²) in [7, 11) is 0. The summed E-state index contributed by atoms with van der Waals surface area (Å²) in [5, 5.41) is 1.83. The first-order valence-electron chi connectivity index (χ1n) is 5.62. The van der Waals surface area contributed by atoms with Crippen molar-refractivity contribution in [2.24, 2.45) is 0 Å². The van der Waals surface area contributed by atoms with Gasteiger partial charge < -0.3 is 4.98 Å². The first-order chi connectivity index (χ1) is 8.74. The molecule has 0 unspecified atom stereocenters. The lowest BCUT2D eigenvalue weighted by atomic mass is 10.0. The van der Waals surface area contributed by atoms with E-state index in [1.54, 1.807) is 0 Å². The quantitative estimate of drug-likeness (QED) is 0.600. The zero-order valence-corrected chi connectivity index (χ0v) is 11.1. The molecular formula is C15H10ClNS. The van der Waals surface area contributed by atoms with Crippen molar-refractivity contribution in [1.82, 2.24) is 4.98 Å². The van der Waals surface area contributed by atoms with E-state index < -0.39 is 0 Å². The highest BCUT2D eigenvalue weighted by molar-refractivity contribution is 7.71. The van der Waals surface area contributed by atoms with Crippen LogP contribution in [-0.4, -0.2) is 4.98 Å². The van der Waals surface area contributed by atoms with Crippen molar-refractivity contribution in [1.29, 1.82) is 0 Å². The van der Waals surface area contributed by atoms with E-state index in [9.17, 15) is 0 Å². The third kappa shape index (κ3) is 2.05. The number of fused-ring (bicyclic) bond motifs is 1. The zero-order valence-electron chi connectivity index (χ0n) is 9.48. The van der Waals surface area contributed by atoms with E-state index in [2.05, 4.69) is 17.1 Å². The van der Waals surface area contributed by atoms with Gasteiger partial charge in [0.1, 0.15) is 4.64 Å². The molecule has 3 rings (SSSR count). The molecule has 0 bridgehead atoms. The molecular weight excluding hydrogens is 262 g/mol. The van der Waals surface area contributed by atoms with Gasteiger partial charge in [0.2, 0.25) is 0 Å². The number of hydrogen-bond donors (Lipinski definition) is 1. The smallest absolute Gasteiger partial charge is 0.104 e. The minimum atomic E-state index is 0.707. The molecule has 2 aromatic carbocycles. The number of halogens is 1. The highest BCUT2D eigenvalue weighted by Crippen LogP contribution is 2.29. The van der Waals surface area contributed by atoms with Crippen LogP contribution in [0.15, 0.2) is 54.6 Å². The molecule has 0 fully saturated rings. The third-order valence-corrected chi connectivity index (χ3v) is 3.34. The van der Waals surface area contributed by atoms with E-state index in [0.717, 1.165) is 22.0 Å². The van der Waals surface area contributed by atoms with Crippen molar-refractivity contribution < 1.29 is 0 Å². The number of hydrogen-bond acceptors (Lipinski definition) is 1. The van der Waals surface area contributed by atoms with Crippen LogP contribution < -0.4 is 0 Å². The number of H-pyrrole nitrogens is 1. The number of aromatic nitrogens is 1. The van der Waals surface area contributed by atoms with Gasteiger partial charge in [-0.3, -0.25) is 0 Å². The molecule has 0 amide bonds. The summed E-state index contributed by atoms with van der Waals surface area (Å²) in [6.07, 6.45) is 0. The zero-order chi connectivity index (χ0) is 12.5. The Morgan fingerprint density at radius 2 is 1.72 bits per heavy atom. The summed E-state index contributed by atoms with van der Waals surface area (Å²) in [6, 6.07) is 18.0. The predicted molar refractivity (Wildman–Crippen MR) is 79.6 cm³/mol. The fraction of sp³-hybridized carbons (Fsp3) is 0. The van der Waals surface area contributed by atoms with E-state index >= 15 is 0 Å². The van der Waals surface area contributed by atoms with Crippen molar-refractivity contribution in [2.75, 3.05) is 0 Å². The van der Waals surface area contributed by atoms with Gasteiger partial charge >= 0.3 is 0 Å². The first-order valence-corrected chi connectivity index (χ1v) is 6.41. The Labute approximate surface area is 115 Å². The molecule has 88 valence electrons. The molecule has 0 saturated heterocycles. The maximum absolute atomic E-state index is 6.02. The lowest BCUT2D eigenvalue weighted by Gasteiger charge is -2.07. The molecule has 18 heavy (non-hydrogen) atoms. The second-order valence-corrected chi connectivity index (χ2v) is 4.98. The molecule has 3 aromatic rings. The molecule has 0 radical (unpaired) electrons. The van der Waals surface area contributed by atoms with Crippen molar-refractivity contribution in [2.45, 2.75) is 0 Å². The maximum Gasteiger partial charge on any atom is 0.104 e. The number of pyridine rings is 1. The molecule has 0 aliphatic rings. The first kappa shape index (κ1) is 11.5. The molecule has 1 heterocycles. The summed E-state index contributed by atoms with van der Waals surface area (Å²) < 4.78 is 0.712. The number of benzene rings is 2. The van der Waals surface area contributed by atoms with E-state index in [4.69, 9.17) is 23.8 Å². The monoisotopic (exact) mass is 271 g/mol. The lowest BCUT2D eigenvalue weighted by Crippen LogP contribution is -1.85. The van der Waals surface area contributed by atoms with Gasteiger partial charge in [-0.15, -0.1) is 0 Å². The molecule has 1 aromatic heterocycles. The standard InChI is InChI=1S/C15H10ClNS/c16-11-6-7-12-13(10-4-2-1-3-5-10)9-15(18)17-14(12)8-11/h1-9H,(H,17,18). The van der Waals surface area contributed by atoms with Gasteiger partial charge in [0.25, 0.3) is 0 Å². The van der Waals surface area contributed by atoms with Gasteiger partial charge in [-0.1, -0.05) is 60.2 Å². The molecule has 1 N–H and O–H groups in total. The summed E-state index contributed by atoms with van der Waals surface area (Å²) in [5.41, 5.74) is 3.25. The minimum absolute atomic E-state index is 0.707. The van der Waals surface area contributed by atoms with Gasteiger partial charge in [0.15, 0.2) is 0 Å². The normalized spacial score (nSPS) is 10.7.